The second kappa shape index (κ2) is 8.65. The number of benzene rings is 1. The van der Waals surface area contributed by atoms with Crippen molar-refractivity contribution >= 4 is 5.91 Å². The molecule has 1 aromatic heterocycles. The lowest BCUT2D eigenvalue weighted by atomic mass is 9.92. The molecule has 1 amide bonds. The van der Waals surface area contributed by atoms with Gasteiger partial charge in [-0.3, -0.25) is 4.79 Å². The summed E-state index contributed by atoms with van der Waals surface area (Å²) in [6.07, 6.45) is 7.10. The normalized spacial score (nSPS) is 19.8. The fourth-order valence-corrected chi connectivity index (χ4v) is 3.05. The Morgan fingerprint density at radius 1 is 1.08 bits per heavy atom. The van der Waals surface area contributed by atoms with Gasteiger partial charge < -0.3 is 14.8 Å². The molecule has 1 N–H and O–H groups in total. The molecule has 0 unspecified atom stereocenters. The van der Waals surface area contributed by atoms with Gasteiger partial charge in [0, 0.05) is 24.0 Å². The molecule has 1 aromatic carbocycles. The first-order valence-electron chi connectivity index (χ1n) is 9.11. The molecular formula is C20H25N3O3. The summed E-state index contributed by atoms with van der Waals surface area (Å²) in [7, 11) is 0. The smallest absolute Gasteiger partial charge is 0.316 e. The number of aromatic nitrogens is 2. The molecule has 1 aliphatic carbocycles. The van der Waals surface area contributed by atoms with Gasteiger partial charge in [-0.2, -0.15) is 0 Å². The minimum Gasteiger partial charge on any atom is -0.491 e. The predicted octanol–water partition coefficient (Wildman–Crippen LogP) is 3.38. The Hall–Kier alpha value is -2.63. The van der Waals surface area contributed by atoms with E-state index in [4.69, 9.17) is 9.47 Å². The Balaban J connectivity index is 1.46. The Kier molecular flexibility index (Phi) is 6.04. The van der Waals surface area contributed by atoms with Crippen LogP contribution in [0.2, 0.25) is 0 Å². The van der Waals surface area contributed by atoms with Crippen molar-refractivity contribution in [1.29, 1.82) is 0 Å². The molecule has 6 heteroatoms. The van der Waals surface area contributed by atoms with E-state index in [1.807, 2.05) is 26.0 Å². The lowest BCUT2D eigenvalue weighted by Crippen LogP contribution is -2.39. The third-order valence-corrected chi connectivity index (χ3v) is 4.31. The summed E-state index contributed by atoms with van der Waals surface area (Å²) in [6.45, 7) is 3.95. The van der Waals surface area contributed by atoms with Crippen molar-refractivity contribution in [3.63, 3.8) is 0 Å². The maximum Gasteiger partial charge on any atom is 0.316 e. The Morgan fingerprint density at radius 2 is 1.73 bits per heavy atom. The maximum atomic E-state index is 12.4. The van der Waals surface area contributed by atoms with Crippen molar-refractivity contribution in [1.82, 2.24) is 15.3 Å². The van der Waals surface area contributed by atoms with Crippen LogP contribution in [0.25, 0.3) is 0 Å². The summed E-state index contributed by atoms with van der Waals surface area (Å²) < 4.78 is 11.4. The molecule has 2 aromatic rings. The standard InChI is InChI=1S/C20H25N3O3/c1-14(2)25-17-8-4-15(5-9-17)19(24)23-16-6-10-18(11-7-16)26-20-21-12-3-13-22-20/h3-5,8-9,12-14,16,18H,6-7,10-11H2,1-2H3,(H,23,24). The minimum absolute atomic E-state index is 0.0446. The second-order valence-electron chi connectivity index (χ2n) is 6.79. The number of amides is 1. The van der Waals surface area contributed by atoms with Gasteiger partial charge in [-0.1, -0.05) is 0 Å². The maximum absolute atomic E-state index is 12.4. The fraction of sp³-hybridized carbons (Fsp3) is 0.450. The van der Waals surface area contributed by atoms with Crippen molar-refractivity contribution in [2.24, 2.45) is 0 Å². The molecule has 26 heavy (non-hydrogen) atoms. The number of carbonyl (C=O) groups excluding carboxylic acids is 1. The summed E-state index contributed by atoms with van der Waals surface area (Å²) in [5, 5.41) is 3.11. The first-order valence-corrected chi connectivity index (χ1v) is 9.11. The largest absolute Gasteiger partial charge is 0.491 e. The van der Waals surface area contributed by atoms with Crippen molar-refractivity contribution in [2.45, 2.75) is 57.8 Å². The van der Waals surface area contributed by atoms with E-state index in [-0.39, 0.29) is 24.2 Å². The molecule has 1 saturated carbocycles. The van der Waals surface area contributed by atoms with Crippen LogP contribution < -0.4 is 14.8 Å². The van der Waals surface area contributed by atoms with Gasteiger partial charge in [-0.15, -0.1) is 0 Å². The molecule has 0 spiro atoms. The van der Waals surface area contributed by atoms with Crippen LogP contribution in [0.4, 0.5) is 0 Å². The minimum atomic E-state index is -0.0446. The summed E-state index contributed by atoms with van der Waals surface area (Å²) >= 11 is 0. The topological polar surface area (TPSA) is 73.3 Å². The van der Waals surface area contributed by atoms with Crippen molar-refractivity contribution in [3.05, 3.63) is 48.3 Å². The Labute approximate surface area is 154 Å². The zero-order chi connectivity index (χ0) is 18.4. The van der Waals surface area contributed by atoms with E-state index in [9.17, 15) is 4.79 Å². The van der Waals surface area contributed by atoms with Gasteiger partial charge in [0.05, 0.1) is 6.10 Å². The van der Waals surface area contributed by atoms with Crippen LogP contribution in [0.15, 0.2) is 42.7 Å². The highest BCUT2D eigenvalue weighted by atomic mass is 16.5. The average Bonchev–Trinajstić information content (AvgIpc) is 2.64. The lowest BCUT2D eigenvalue weighted by Gasteiger charge is -2.28. The number of rotatable bonds is 6. The third kappa shape index (κ3) is 5.18. The molecule has 1 aliphatic rings. The molecule has 6 nitrogen and oxygen atoms in total. The van der Waals surface area contributed by atoms with Crippen LogP contribution in [-0.4, -0.2) is 34.1 Å². The molecular weight excluding hydrogens is 330 g/mol. The zero-order valence-corrected chi connectivity index (χ0v) is 15.2. The first kappa shape index (κ1) is 18.2. The van der Waals surface area contributed by atoms with Gasteiger partial charge in [0.1, 0.15) is 11.9 Å². The SMILES string of the molecule is CC(C)Oc1ccc(C(=O)NC2CCC(Oc3ncccn3)CC2)cc1. The number of ether oxygens (including phenoxy) is 2. The molecule has 1 heterocycles. The quantitative estimate of drug-likeness (QED) is 0.860. The van der Waals surface area contributed by atoms with Crippen LogP contribution in [0.5, 0.6) is 11.8 Å². The lowest BCUT2D eigenvalue weighted by molar-refractivity contribution is 0.0885. The molecule has 3 rings (SSSR count). The molecule has 0 saturated heterocycles. The van der Waals surface area contributed by atoms with Gasteiger partial charge >= 0.3 is 6.01 Å². The number of nitrogens with zero attached hydrogens (tertiary/aromatic N) is 2. The molecule has 0 radical (unpaired) electrons. The number of carbonyl (C=O) groups is 1. The Morgan fingerprint density at radius 3 is 2.35 bits per heavy atom. The van der Waals surface area contributed by atoms with Crippen LogP contribution in [0.3, 0.4) is 0 Å². The van der Waals surface area contributed by atoms with Gasteiger partial charge in [-0.25, -0.2) is 9.97 Å². The summed E-state index contributed by atoms with van der Waals surface area (Å²) in [5.74, 6) is 0.731. The van der Waals surface area contributed by atoms with E-state index in [2.05, 4.69) is 15.3 Å². The van der Waals surface area contributed by atoms with Crippen molar-refractivity contribution < 1.29 is 14.3 Å². The van der Waals surface area contributed by atoms with Crippen molar-refractivity contribution in [2.75, 3.05) is 0 Å². The molecule has 0 atom stereocenters. The van der Waals surface area contributed by atoms with Crippen molar-refractivity contribution in [3.8, 4) is 11.8 Å². The van der Waals surface area contributed by atoms with Crippen LogP contribution in [0.1, 0.15) is 49.9 Å². The number of hydrogen-bond donors (Lipinski definition) is 1. The van der Waals surface area contributed by atoms with E-state index in [1.54, 1.807) is 30.6 Å². The molecule has 138 valence electrons. The number of nitrogens with one attached hydrogen (secondary N) is 1. The monoisotopic (exact) mass is 355 g/mol. The van der Waals surface area contributed by atoms with Gasteiger partial charge in [0.2, 0.25) is 0 Å². The van der Waals surface area contributed by atoms with Crippen LogP contribution in [-0.2, 0) is 0 Å². The zero-order valence-electron chi connectivity index (χ0n) is 15.2. The number of hydrogen-bond acceptors (Lipinski definition) is 5. The van der Waals surface area contributed by atoms with Gasteiger partial charge in [0.25, 0.3) is 5.91 Å². The van der Waals surface area contributed by atoms with Gasteiger partial charge in [-0.05, 0) is 69.9 Å². The molecule has 0 bridgehead atoms. The van der Waals surface area contributed by atoms with Crippen LogP contribution in [0, 0.1) is 0 Å². The first-order chi connectivity index (χ1) is 12.6. The van der Waals surface area contributed by atoms with E-state index in [0.717, 1.165) is 31.4 Å². The third-order valence-electron chi connectivity index (χ3n) is 4.31. The molecule has 1 fully saturated rings. The van der Waals surface area contributed by atoms with E-state index in [1.165, 1.54) is 0 Å². The highest BCUT2D eigenvalue weighted by molar-refractivity contribution is 5.94. The van der Waals surface area contributed by atoms with Gasteiger partial charge in [0.15, 0.2) is 0 Å². The summed E-state index contributed by atoms with van der Waals surface area (Å²) in [6, 6.07) is 9.62. The van der Waals surface area contributed by atoms with E-state index >= 15 is 0 Å². The van der Waals surface area contributed by atoms with E-state index < -0.39 is 0 Å². The van der Waals surface area contributed by atoms with E-state index in [0.29, 0.717) is 11.6 Å². The molecule has 0 aliphatic heterocycles. The highest BCUT2D eigenvalue weighted by Gasteiger charge is 2.24. The summed E-state index contributed by atoms with van der Waals surface area (Å²) in [5.41, 5.74) is 0.650. The Bertz CT molecular complexity index is 696. The second-order valence-corrected chi connectivity index (χ2v) is 6.79. The van der Waals surface area contributed by atoms with Crippen LogP contribution >= 0.6 is 0 Å². The fourth-order valence-electron chi connectivity index (χ4n) is 3.05. The summed E-state index contributed by atoms with van der Waals surface area (Å²) in [4.78, 5) is 20.6. The highest BCUT2D eigenvalue weighted by Crippen LogP contribution is 2.22. The average molecular weight is 355 g/mol. The predicted molar refractivity (Wildman–Crippen MR) is 98.4 cm³/mol.